The summed E-state index contributed by atoms with van der Waals surface area (Å²) in [6, 6.07) is 0. The first kappa shape index (κ1) is 8.61. The first-order chi connectivity index (χ1) is 6.77. The zero-order valence-electron chi connectivity index (χ0n) is 7.43. The summed E-state index contributed by atoms with van der Waals surface area (Å²) in [5, 5.41) is 7.15. The topological polar surface area (TPSA) is 104 Å². The molecule has 14 heavy (non-hydrogen) atoms. The summed E-state index contributed by atoms with van der Waals surface area (Å²) in [6.07, 6.45) is 4.61. The molecule has 2 aromatic heterocycles. The van der Waals surface area contributed by atoms with E-state index in [-0.39, 0.29) is 0 Å². The highest BCUT2D eigenvalue weighted by atomic mass is 16.5. The van der Waals surface area contributed by atoms with Gasteiger partial charge in [0.15, 0.2) is 0 Å². The van der Waals surface area contributed by atoms with Crippen LogP contribution in [-0.4, -0.2) is 10.3 Å². The summed E-state index contributed by atoms with van der Waals surface area (Å²) in [5.41, 5.74) is 12.8. The lowest BCUT2D eigenvalue weighted by molar-refractivity contribution is 0.435. The summed E-state index contributed by atoms with van der Waals surface area (Å²) in [5.74, 6) is 0.694. The van der Waals surface area contributed by atoms with E-state index < -0.39 is 0 Å². The van der Waals surface area contributed by atoms with Crippen molar-refractivity contribution < 1.29 is 9.05 Å². The van der Waals surface area contributed by atoms with Crippen LogP contribution >= 0.6 is 0 Å². The Labute approximate surface area is 79.8 Å². The first-order valence-electron chi connectivity index (χ1n) is 4.15. The predicted octanol–water partition coefficient (Wildman–Crippen LogP) is 0.612. The normalized spacial score (nSPS) is 10.6. The molecule has 0 aromatic carbocycles. The number of anilines is 2. The molecular formula is C8H10N4O2. The minimum Gasteiger partial charge on any atom is -0.367 e. The quantitative estimate of drug-likeness (QED) is 0.741. The van der Waals surface area contributed by atoms with Crippen molar-refractivity contribution in [1.82, 2.24) is 10.3 Å². The van der Waals surface area contributed by atoms with Gasteiger partial charge in [-0.05, 0) is 12.8 Å². The summed E-state index contributed by atoms with van der Waals surface area (Å²) in [4.78, 5) is 0. The lowest BCUT2D eigenvalue weighted by atomic mass is 10.1. The number of nitrogen functional groups attached to an aromatic ring is 2. The van der Waals surface area contributed by atoms with Crippen molar-refractivity contribution in [3.8, 4) is 0 Å². The molecule has 74 valence electrons. The third-order valence-corrected chi connectivity index (χ3v) is 2.02. The molecule has 0 spiro atoms. The second kappa shape index (κ2) is 3.41. The molecule has 0 aliphatic carbocycles. The zero-order chi connectivity index (χ0) is 9.97. The predicted molar refractivity (Wildman–Crippen MR) is 49.2 cm³/mol. The molecule has 0 saturated carbocycles. The van der Waals surface area contributed by atoms with E-state index in [9.17, 15) is 0 Å². The molecule has 0 atom stereocenters. The van der Waals surface area contributed by atoms with Crippen molar-refractivity contribution in [3.05, 3.63) is 23.5 Å². The fraction of sp³-hybridized carbons (Fsp3) is 0.250. The van der Waals surface area contributed by atoms with E-state index in [1.54, 1.807) is 12.4 Å². The van der Waals surface area contributed by atoms with Gasteiger partial charge >= 0.3 is 0 Å². The number of nitrogens with two attached hydrogens (primary N) is 2. The Hall–Kier alpha value is -1.98. The Kier molecular flexibility index (Phi) is 2.10. The van der Waals surface area contributed by atoms with Gasteiger partial charge in [-0.3, -0.25) is 0 Å². The molecule has 0 unspecified atom stereocenters. The van der Waals surface area contributed by atoms with E-state index in [0.717, 1.165) is 11.1 Å². The summed E-state index contributed by atoms with van der Waals surface area (Å²) in [6.45, 7) is 0. The van der Waals surface area contributed by atoms with Gasteiger partial charge in [-0.15, -0.1) is 0 Å². The van der Waals surface area contributed by atoms with Crippen LogP contribution in [0.15, 0.2) is 21.4 Å². The molecular weight excluding hydrogens is 184 g/mol. The molecule has 6 nitrogen and oxygen atoms in total. The van der Waals surface area contributed by atoms with Crippen LogP contribution in [0.5, 0.6) is 0 Å². The van der Waals surface area contributed by atoms with Gasteiger partial charge in [-0.25, -0.2) is 0 Å². The van der Waals surface area contributed by atoms with E-state index in [0.29, 0.717) is 24.6 Å². The number of aromatic nitrogens is 2. The van der Waals surface area contributed by atoms with E-state index in [2.05, 4.69) is 10.3 Å². The third-order valence-electron chi connectivity index (χ3n) is 2.02. The third kappa shape index (κ3) is 1.54. The molecule has 2 rings (SSSR count). The van der Waals surface area contributed by atoms with E-state index in [1.807, 2.05) is 0 Å². The fourth-order valence-corrected chi connectivity index (χ4v) is 1.18. The minimum atomic E-state index is 0.347. The van der Waals surface area contributed by atoms with E-state index in [4.69, 9.17) is 20.5 Å². The van der Waals surface area contributed by atoms with Crippen molar-refractivity contribution >= 4 is 11.8 Å². The van der Waals surface area contributed by atoms with Gasteiger partial charge in [0.1, 0.15) is 0 Å². The molecule has 2 aromatic rings. The Bertz CT molecular complexity index is 380. The van der Waals surface area contributed by atoms with Crippen LogP contribution in [0.3, 0.4) is 0 Å². The molecule has 4 N–H and O–H groups in total. The highest BCUT2D eigenvalue weighted by Crippen LogP contribution is 2.16. The Balaban J connectivity index is 2.02. The minimum absolute atomic E-state index is 0.347. The largest absolute Gasteiger partial charge is 0.367 e. The van der Waals surface area contributed by atoms with Crippen LogP contribution in [0.1, 0.15) is 11.1 Å². The summed E-state index contributed by atoms with van der Waals surface area (Å²) in [7, 11) is 0. The van der Waals surface area contributed by atoms with Gasteiger partial charge in [0.25, 0.3) is 0 Å². The molecule has 6 heteroatoms. The van der Waals surface area contributed by atoms with Crippen LogP contribution in [0.25, 0.3) is 0 Å². The summed E-state index contributed by atoms with van der Waals surface area (Å²) >= 11 is 0. The average molecular weight is 194 g/mol. The maximum absolute atomic E-state index is 5.52. The molecule has 0 amide bonds. The zero-order valence-corrected chi connectivity index (χ0v) is 7.43. The van der Waals surface area contributed by atoms with Gasteiger partial charge < -0.3 is 20.5 Å². The lowest BCUT2D eigenvalue weighted by Gasteiger charge is -1.95. The summed E-state index contributed by atoms with van der Waals surface area (Å²) < 4.78 is 9.44. The maximum Gasteiger partial charge on any atom is 0.225 e. The van der Waals surface area contributed by atoms with E-state index >= 15 is 0 Å². The molecule has 0 aliphatic heterocycles. The standard InChI is InChI=1S/C8H10N4O2/c9-7-5(3-11-13-7)1-2-6-4-12-14-8(6)10/h3-4H,1-2,9-10H2. The number of rotatable bonds is 3. The molecule has 0 aliphatic rings. The Morgan fingerprint density at radius 1 is 0.929 bits per heavy atom. The van der Waals surface area contributed by atoms with Crippen molar-refractivity contribution in [1.29, 1.82) is 0 Å². The van der Waals surface area contributed by atoms with Crippen LogP contribution in [0, 0.1) is 0 Å². The van der Waals surface area contributed by atoms with Gasteiger partial charge in [-0.1, -0.05) is 10.3 Å². The first-order valence-corrected chi connectivity index (χ1v) is 4.15. The van der Waals surface area contributed by atoms with Gasteiger partial charge in [0.2, 0.25) is 11.8 Å². The van der Waals surface area contributed by atoms with Crippen molar-refractivity contribution in [3.63, 3.8) is 0 Å². The Morgan fingerprint density at radius 3 is 1.64 bits per heavy atom. The number of hydrogen-bond acceptors (Lipinski definition) is 6. The SMILES string of the molecule is Nc1oncc1CCc1cnoc1N. The van der Waals surface area contributed by atoms with Gasteiger partial charge in [0, 0.05) is 11.1 Å². The van der Waals surface area contributed by atoms with E-state index in [1.165, 1.54) is 0 Å². The molecule has 0 radical (unpaired) electrons. The van der Waals surface area contributed by atoms with Crippen LogP contribution < -0.4 is 11.5 Å². The van der Waals surface area contributed by atoms with Crippen LogP contribution in [0.4, 0.5) is 11.8 Å². The smallest absolute Gasteiger partial charge is 0.225 e. The highest BCUT2D eigenvalue weighted by molar-refractivity contribution is 5.37. The van der Waals surface area contributed by atoms with Crippen molar-refractivity contribution in [2.24, 2.45) is 0 Å². The molecule has 0 saturated heterocycles. The van der Waals surface area contributed by atoms with Crippen LogP contribution in [0.2, 0.25) is 0 Å². The highest BCUT2D eigenvalue weighted by Gasteiger charge is 2.07. The van der Waals surface area contributed by atoms with Gasteiger partial charge in [-0.2, -0.15) is 0 Å². The van der Waals surface area contributed by atoms with Crippen LogP contribution in [-0.2, 0) is 12.8 Å². The van der Waals surface area contributed by atoms with Crippen molar-refractivity contribution in [2.75, 3.05) is 11.5 Å². The molecule has 0 fully saturated rings. The number of aryl methyl sites for hydroxylation is 2. The maximum atomic E-state index is 5.52. The molecule has 0 bridgehead atoms. The monoisotopic (exact) mass is 194 g/mol. The number of hydrogen-bond donors (Lipinski definition) is 2. The Morgan fingerprint density at radius 2 is 1.36 bits per heavy atom. The lowest BCUT2D eigenvalue weighted by Crippen LogP contribution is -1.95. The average Bonchev–Trinajstić information content (AvgIpc) is 2.72. The number of nitrogens with zero attached hydrogens (tertiary/aromatic N) is 2. The fourth-order valence-electron chi connectivity index (χ4n) is 1.18. The van der Waals surface area contributed by atoms with Crippen molar-refractivity contribution in [2.45, 2.75) is 12.8 Å². The van der Waals surface area contributed by atoms with Gasteiger partial charge in [0.05, 0.1) is 12.4 Å². The molecule has 2 heterocycles. The second-order valence-corrected chi connectivity index (χ2v) is 2.93. The second-order valence-electron chi connectivity index (χ2n) is 2.93.